The van der Waals surface area contributed by atoms with Crippen LogP contribution in [-0.4, -0.2) is 46.1 Å². The van der Waals surface area contributed by atoms with Crippen LogP contribution in [0.15, 0.2) is 24.3 Å². The standard InChI is InChI=1S/C22H20O7/c1-3-22(21(28)29-2)13-9-12-17(19(26)10(13)7-8-15(22)24)20(27)16-11(18(12)25)5-4-6-14(16)23/h4-6,9,15,23-24,26H,3,7-8H2,1-2H3/t15-,22?/m0/s1. The summed E-state index contributed by atoms with van der Waals surface area (Å²) in [5.74, 6) is -2.59. The highest BCUT2D eigenvalue weighted by molar-refractivity contribution is 6.30. The second-order valence-electron chi connectivity index (χ2n) is 7.40. The molecule has 1 unspecified atom stereocenters. The molecular weight excluding hydrogens is 376 g/mol. The van der Waals surface area contributed by atoms with Crippen LogP contribution in [0, 0.1) is 0 Å². The number of carbonyl (C=O) groups is 3. The monoisotopic (exact) mass is 396 g/mol. The predicted octanol–water partition coefficient (Wildman–Crippen LogP) is 2.00. The molecule has 0 bridgehead atoms. The Hall–Kier alpha value is -3.19. The third-order valence-corrected chi connectivity index (χ3v) is 6.22. The lowest BCUT2D eigenvalue weighted by molar-refractivity contribution is -0.153. The average molecular weight is 396 g/mol. The maximum absolute atomic E-state index is 13.1. The van der Waals surface area contributed by atoms with Crippen molar-refractivity contribution in [3.8, 4) is 11.5 Å². The van der Waals surface area contributed by atoms with Crippen molar-refractivity contribution in [3.63, 3.8) is 0 Å². The molecule has 29 heavy (non-hydrogen) atoms. The van der Waals surface area contributed by atoms with Crippen LogP contribution >= 0.6 is 0 Å². The SMILES string of the molecule is CCC1(C(=O)OC)c2cc3c(c(O)c2CC[C@@H]1O)C(=O)c1c(O)cccc1C3=O. The maximum atomic E-state index is 13.1. The van der Waals surface area contributed by atoms with Gasteiger partial charge in [0.1, 0.15) is 16.9 Å². The minimum absolute atomic E-state index is 0.0263. The third kappa shape index (κ3) is 2.31. The van der Waals surface area contributed by atoms with E-state index >= 15 is 0 Å². The number of carbonyl (C=O) groups excluding carboxylic acids is 3. The normalized spacial score (nSPS) is 22.5. The van der Waals surface area contributed by atoms with E-state index in [0.29, 0.717) is 11.1 Å². The lowest BCUT2D eigenvalue weighted by Crippen LogP contribution is -2.50. The molecule has 0 fully saturated rings. The van der Waals surface area contributed by atoms with Gasteiger partial charge in [-0.15, -0.1) is 0 Å². The van der Waals surface area contributed by atoms with E-state index in [1.165, 1.54) is 31.4 Å². The molecule has 2 aromatic carbocycles. The lowest BCUT2D eigenvalue weighted by atomic mass is 9.64. The molecule has 2 aromatic rings. The van der Waals surface area contributed by atoms with Gasteiger partial charge in [-0.25, -0.2) is 0 Å². The van der Waals surface area contributed by atoms with Gasteiger partial charge in [0.25, 0.3) is 0 Å². The first-order chi connectivity index (χ1) is 13.8. The van der Waals surface area contributed by atoms with Crippen LogP contribution in [0.2, 0.25) is 0 Å². The molecule has 0 radical (unpaired) electrons. The predicted molar refractivity (Wildman–Crippen MR) is 101 cm³/mol. The Bertz CT molecular complexity index is 1090. The summed E-state index contributed by atoms with van der Waals surface area (Å²) in [4.78, 5) is 38.9. The van der Waals surface area contributed by atoms with E-state index in [0.717, 1.165) is 0 Å². The second kappa shape index (κ2) is 6.42. The maximum Gasteiger partial charge on any atom is 0.318 e. The summed E-state index contributed by atoms with van der Waals surface area (Å²) in [5.41, 5.74) is -1.18. The van der Waals surface area contributed by atoms with E-state index in [1.54, 1.807) is 6.92 Å². The Morgan fingerprint density at radius 1 is 1.17 bits per heavy atom. The van der Waals surface area contributed by atoms with Crippen LogP contribution in [0.3, 0.4) is 0 Å². The van der Waals surface area contributed by atoms with Crippen molar-refractivity contribution in [3.05, 3.63) is 57.6 Å². The lowest BCUT2D eigenvalue weighted by Gasteiger charge is -2.41. The molecule has 0 saturated heterocycles. The molecule has 2 aliphatic rings. The summed E-state index contributed by atoms with van der Waals surface area (Å²) in [6, 6.07) is 5.61. The molecule has 7 nitrogen and oxygen atoms in total. The second-order valence-corrected chi connectivity index (χ2v) is 7.40. The topological polar surface area (TPSA) is 121 Å². The first kappa shape index (κ1) is 19.1. The smallest absolute Gasteiger partial charge is 0.318 e. The number of phenols is 2. The summed E-state index contributed by atoms with van der Waals surface area (Å²) in [5, 5.41) is 31.8. The zero-order chi connectivity index (χ0) is 21.1. The van der Waals surface area contributed by atoms with Crippen molar-refractivity contribution < 1.29 is 34.4 Å². The number of fused-ring (bicyclic) bond motifs is 3. The minimum Gasteiger partial charge on any atom is -0.507 e. The molecule has 0 amide bonds. The van der Waals surface area contributed by atoms with E-state index < -0.39 is 34.8 Å². The number of hydrogen-bond donors (Lipinski definition) is 3. The van der Waals surface area contributed by atoms with Crippen molar-refractivity contribution in [2.24, 2.45) is 0 Å². The fraction of sp³-hybridized carbons (Fsp3) is 0.318. The van der Waals surface area contributed by atoms with Gasteiger partial charge in [0, 0.05) is 11.1 Å². The molecular formula is C22H20O7. The first-order valence-corrected chi connectivity index (χ1v) is 9.36. The number of aliphatic hydroxyl groups is 1. The van der Waals surface area contributed by atoms with Gasteiger partial charge in [0.05, 0.1) is 24.3 Å². The number of aromatic hydroxyl groups is 2. The van der Waals surface area contributed by atoms with Crippen molar-refractivity contribution in [2.45, 2.75) is 37.7 Å². The van der Waals surface area contributed by atoms with Gasteiger partial charge in [-0.05, 0) is 42.5 Å². The van der Waals surface area contributed by atoms with E-state index in [1.807, 2.05) is 0 Å². The molecule has 150 valence electrons. The highest BCUT2D eigenvalue weighted by Gasteiger charge is 2.51. The molecule has 0 aliphatic heterocycles. The van der Waals surface area contributed by atoms with Gasteiger partial charge in [-0.3, -0.25) is 14.4 Å². The van der Waals surface area contributed by atoms with E-state index in [4.69, 9.17) is 4.74 Å². The highest BCUT2D eigenvalue weighted by atomic mass is 16.5. The number of phenolic OH excluding ortho intramolecular Hbond substituents is 2. The molecule has 0 saturated carbocycles. The Morgan fingerprint density at radius 3 is 2.55 bits per heavy atom. The molecule has 0 aromatic heterocycles. The number of rotatable bonds is 2. The fourth-order valence-electron chi connectivity index (χ4n) is 4.71. The van der Waals surface area contributed by atoms with Gasteiger partial charge < -0.3 is 20.1 Å². The zero-order valence-electron chi connectivity index (χ0n) is 16.0. The van der Waals surface area contributed by atoms with E-state index in [-0.39, 0.29) is 47.3 Å². The summed E-state index contributed by atoms with van der Waals surface area (Å²) in [6.45, 7) is 1.71. The molecule has 0 heterocycles. The largest absolute Gasteiger partial charge is 0.507 e. The van der Waals surface area contributed by atoms with E-state index in [2.05, 4.69) is 0 Å². The first-order valence-electron chi connectivity index (χ1n) is 9.36. The van der Waals surface area contributed by atoms with Crippen LogP contribution in [0.4, 0.5) is 0 Å². The molecule has 2 atom stereocenters. The fourth-order valence-corrected chi connectivity index (χ4v) is 4.71. The third-order valence-electron chi connectivity index (χ3n) is 6.22. The van der Waals surface area contributed by atoms with Gasteiger partial charge in [0.15, 0.2) is 5.78 Å². The summed E-state index contributed by atoms with van der Waals surface area (Å²) >= 11 is 0. The molecule has 4 rings (SSSR count). The average Bonchev–Trinajstić information content (AvgIpc) is 2.71. The Labute approximate surface area is 166 Å². The summed E-state index contributed by atoms with van der Waals surface area (Å²) < 4.78 is 4.95. The van der Waals surface area contributed by atoms with Crippen LogP contribution in [0.25, 0.3) is 0 Å². The quantitative estimate of drug-likeness (QED) is 0.567. The molecule has 7 heteroatoms. The van der Waals surface area contributed by atoms with Crippen molar-refractivity contribution in [1.82, 2.24) is 0 Å². The van der Waals surface area contributed by atoms with E-state index in [9.17, 15) is 29.7 Å². The van der Waals surface area contributed by atoms with Gasteiger partial charge in [-0.2, -0.15) is 0 Å². The number of methoxy groups -OCH3 is 1. The number of hydrogen-bond acceptors (Lipinski definition) is 7. The number of ether oxygens (including phenoxy) is 1. The van der Waals surface area contributed by atoms with Gasteiger partial charge >= 0.3 is 5.97 Å². The summed E-state index contributed by atoms with van der Waals surface area (Å²) in [6.07, 6.45) is -0.461. The van der Waals surface area contributed by atoms with Crippen molar-refractivity contribution in [1.29, 1.82) is 0 Å². The van der Waals surface area contributed by atoms with Crippen LogP contribution < -0.4 is 0 Å². The Morgan fingerprint density at radius 2 is 1.90 bits per heavy atom. The molecule has 2 aliphatic carbocycles. The van der Waals surface area contributed by atoms with Gasteiger partial charge in [0.2, 0.25) is 5.78 Å². The van der Waals surface area contributed by atoms with Crippen molar-refractivity contribution >= 4 is 17.5 Å². The van der Waals surface area contributed by atoms with Crippen molar-refractivity contribution in [2.75, 3.05) is 7.11 Å². The molecule has 0 spiro atoms. The molecule has 3 N–H and O–H groups in total. The zero-order valence-corrected chi connectivity index (χ0v) is 16.0. The van der Waals surface area contributed by atoms with Crippen LogP contribution in [0.1, 0.15) is 62.7 Å². The summed E-state index contributed by atoms with van der Waals surface area (Å²) in [7, 11) is 1.21. The van der Waals surface area contributed by atoms with Gasteiger partial charge in [-0.1, -0.05) is 19.1 Å². The number of esters is 1. The number of aliphatic hydroxyl groups excluding tert-OH is 1. The number of ketones is 2. The Kier molecular flexibility index (Phi) is 4.24. The minimum atomic E-state index is -1.45. The number of benzene rings is 2. The van der Waals surface area contributed by atoms with Crippen LogP contribution in [0.5, 0.6) is 11.5 Å². The highest BCUT2D eigenvalue weighted by Crippen LogP contribution is 2.48. The Balaban J connectivity index is 2.05. The van der Waals surface area contributed by atoms with Crippen LogP contribution in [-0.2, 0) is 21.4 Å².